The molecule has 27 heavy (non-hydrogen) atoms. The van der Waals surface area contributed by atoms with E-state index in [-0.39, 0.29) is 6.54 Å². The van der Waals surface area contributed by atoms with E-state index >= 15 is 0 Å². The number of thiophene rings is 1. The monoisotopic (exact) mass is 405 g/mol. The number of hydroxylamine groups is 2. The van der Waals surface area contributed by atoms with Crippen molar-refractivity contribution in [3.63, 3.8) is 0 Å². The van der Waals surface area contributed by atoms with Crippen LogP contribution in [0.15, 0.2) is 47.2 Å². The number of hydrogen-bond acceptors (Lipinski definition) is 6. The third-order valence-electron chi connectivity index (χ3n) is 3.99. The summed E-state index contributed by atoms with van der Waals surface area (Å²) in [5.41, 5.74) is 1.53. The van der Waals surface area contributed by atoms with E-state index in [1.165, 1.54) is 11.8 Å². The van der Waals surface area contributed by atoms with Crippen molar-refractivity contribution in [2.24, 2.45) is 0 Å². The van der Waals surface area contributed by atoms with Gasteiger partial charge in [-0.15, -0.1) is 16.8 Å². The summed E-state index contributed by atoms with van der Waals surface area (Å²) < 4.78 is 4.51. The molecule has 1 aromatic carbocycles. The molecule has 0 bridgehead atoms. The van der Waals surface area contributed by atoms with Crippen molar-refractivity contribution >= 4 is 35.2 Å². The number of amides is 1. The Morgan fingerprint density at radius 2 is 2.00 bits per heavy atom. The van der Waals surface area contributed by atoms with Crippen molar-refractivity contribution in [2.45, 2.75) is 43.3 Å². The predicted molar refractivity (Wildman–Crippen MR) is 108 cm³/mol. The number of ether oxygens (including phenoxy) is 1. The van der Waals surface area contributed by atoms with E-state index in [0.29, 0.717) is 12.2 Å². The van der Waals surface area contributed by atoms with Crippen LogP contribution in [-0.4, -0.2) is 34.0 Å². The summed E-state index contributed by atoms with van der Waals surface area (Å²) in [4.78, 5) is 30.5. The Morgan fingerprint density at radius 3 is 2.63 bits per heavy atom. The van der Waals surface area contributed by atoms with Crippen LogP contribution in [0.1, 0.15) is 31.9 Å². The third-order valence-corrected chi connectivity index (χ3v) is 6.19. The molecular weight excluding hydrogens is 382 g/mol. The number of nitrogens with zero attached hydrogens (tertiary/aromatic N) is 1. The molecule has 0 unspecified atom stereocenters. The molecule has 1 aliphatic heterocycles. The lowest BCUT2D eigenvalue weighted by molar-refractivity contribution is -0.166. The highest BCUT2D eigenvalue weighted by molar-refractivity contribution is 8.00. The highest BCUT2D eigenvalue weighted by atomic mass is 32.2. The quantitative estimate of drug-likeness (QED) is 0.723. The first kappa shape index (κ1) is 19.8. The van der Waals surface area contributed by atoms with E-state index < -0.39 is 22.4 Å². The van der Waals surface area contributed by atoms with E-state index in [9.17, 15) is 9.59 Å². The van der Waals surface area contributed by atoms with Gasteiger partial charge in [0.25, 0.3) is 0 Å². The Hall–Kier alpha value is -1.99. The maximum absolute atomic E-state index is 12.8. The smallest absolute Gasteiger partial charge is 0.442 e. The van der Waals surface area contributed by atoms with Crippen LogP contribution in [0, 0.1) is 0 Å². The van der Waals surface area contributed by atoms with Crippen molar-refractivity contribution in [1.29, 1.82) is 0 Å². The minimum atomic E-state index is -0.853. The minimum Gasteiger partial charge on any atom is -0.442 e. The zero-order valence-electron chi connectivity index (χ0n) is 15.6. The second kappa shape index (κ2) is 7.94. The molecule has 0 N–H and O–H groups in total. The molecule has 0 radical (unpaired) electrons. The summed E-state index contributed by atoms with van der Waals surface area (Å²) in [6, 6.07) is 12.0. The van der Waals surface area contributed by atoms with E-state index in [4.69, 9.17) is 9.57 Å². The molecule has 144 valence electrons. The Morgan fingerprint density at radius 1 is 1.26 bits per heavy atom. The first-order valence-corrected chi connectivity index (χ1v) is 10.6. The topological polar surface area (TPSA) is 55.8 Å². The molecule has 1 saturated heterocycles. The van der Waals surface area contributed by atoms with Gasteiger partial charge >= 0.3 is 12.1 Å². The van der Waals surface area contributed by atoms with Crippen LogP contribution in [0.25, 0.3) is 0 Å². The van der Waals surface area contributed by atoms with Crippen LogP contribution in [0.2, 0.25) is 0 Å². The van der Waals surface area contributed by atoms with Crippen LogP contribution in [-0.2, 0) is 26.5 Å². The van der Waals surface area contributed by atoms with Gasteiger partial charge in [-0.3, -0.25) is 0 Å². The van der Waals surface area contributed by atoms with Gasteiger partial charge in [-0.1, -0.05) is 30.3 Å². The summed E-state index contributed by atoms with van der Waals surface area (Å²) in [5.74, 6) is 0.253. The van der Waals surface area contributed by atoms with Gasteiger partial charge in [0.05, 0.1) is 6.54 Å². The first-order chi connectivity index (χ1) is 12.8. The lowest BCUT2D eigenvalue weighted by atomic mass is 10.0. The van der Waals surface area contributed by atoms with Gasteiger partial charge in [-0.2, -0.15) is 11.3 Å². The molecule has 2 aromatic rings. The van der Waals surface area contributed by atoms with Gasteiger partial charge < -0.3 is 9.57 Å². The van der Waals surface area contributed by atoms with Gasteiger partial charge in [0.2, 0.25) is 0 Å². The molecule has 1 amide bonds. The summed E-state index contributed by atoms with van der Waals surface area (Å²) in [7, 11) is 0. The number of benzene rings is 1. The van der Waals surface area contributed by atoms with Crippen molar-refractivity contribution < 1.29 is 19.2 Å². The standard InChI is InChI=1S/C20H23NO4S2/c1-19(2,3)24-18(23)21-14-20(17(22)25-21,11-16-9-10-26-12-16)27-13-15-7-5-4-6-8-15/h4-10,12H,11,13-14H2,1-3H3/t20-/m0/s1. The summed E-state index contributed by atoms with van der Waals surface area (Å²) in [6.45, 7) is 5.51. The molecule has 3 rings (SSSR count). The van der Waals surface area contributed by atoms with Gasteiger partial charge in [0, 0.05) is 12.2 Å². The van der Waals surface area contributed by atoms with Crippen molar-refractivity contribution in [3.05, 3.63) is 58.3 Å². The number of carbonyl (C=O) groups excluding carboxylic acids is 2. The average Bonchev–Trinajstić information content (AvgIpc) is 3.22. The predicted octanol–water partition coefficient (Wildman–Crippen LogP) is 4.67. The summed E-state index contributed by atoms with van der Waals surface area (Å²) >= 11 is 3.10. The van der Waals surface area contributed by atoms with Crippen LogP contribution in [0.3, 0.4) is 0 Å². The molecule has 1 aliphatic rings. The van der Waals surface area contributed by atoms with Gasteiger partial charge in [0.15, 0.2) is 0 Å². The van der Waals surface area contributed by atoms with Crippen molar-refractivity contribution in [2.75, 3.05) is 6.54 Å². The fraction of sp³-hybridized carbons (Fsp3) is 0.400. The van der Waals surface area contributed by atoms with E-state index in [0.717, 1.165) is 16.2 Å². The molecule has 0 aliphatic carbocycles. The SMILES string of the molecule is CC(C)(C)OC(=O)N1C[C@](Cc2ccsc2)(SCc2ccccc2)C(=O)O1. The van der Waals surface area contributed by atoms with Crippen LogP contribution in [0.4, 0.5) is 4.79 Å². The van der Waals surface area contributed by atoms with Gasteiger partial charge in [-0.05, 0) is 48.7 Å². The molecule has 0 spiro atoms. The van der Waals surface area contributed by atoms with E-state index in [1.807, 2.05) is 47.2 Å². The lowest BCUT2D eigenvalue weighted by Crippen LogP contribution is -2.40. The zero-order chi connectivity index (χ0) is 19.5. The number of rotatable bonds is 5. The summed E-state index contributed by atoms with van der Waals surface area (Å²) in [6.07, 6.45) is -0.130. The molecule has 1 aromatic heterocycles. The Kier molecular flexibility index (Phi) is 5.81. The van der Waals surface area contributed by atoms with Crippen molar-refractivity contribution in [3.8, 4) is 0 Å². The fourth-order valence-electron chi connectivity index (χ4n) is 2.73. The van der Waals surface area contributed by atoms with Crippen LogP contribution in [0.5, 0.6) is 0 Å². The molecule has 5 nitrogen and oxygen atoms in total. The maximum atomic E-state index is 12.8. The average molecular weight is 406 g/mol. The molecule has 2 heterocycles. The normalized spacial score (nSPS) is 19.8. The van der Waals surface area contributed by atoms with Gasteiger partial charge in [-0.25, -0.2) is 9.59 Å². The summed E-state index contributed by atoms with van der Waals surface area (Å²) in [5, 5.41) is 5.06. The maximum Gasteiger partial charge on any atom is 0.443 e. The highest BCUT2D eigenvalue weighted by Crippen LogP contribution is 2.39. The number of thioether (sulfide) groups is 1. The minimum absolute atomic E-state index is 0.161. The fourth-order valence-corrected chi connectivity index (χ4v) is 4.67. The molecule has 0 saturated carbocycles. The molecule has 1 fully saturated rings. The number of carbonyl (C=O) groups is 2. The Bertz CT molecular complexity index is 786. The molecule has 7 heteroatoms. The largest absolute Gasteiger partial charge is 0.443 e. The van der Waals surface area contributed by atoms with E-state index in [1.54, 1.807) is 32.1 Å². The van der Waals surface area contributed by atoms with E-state index in [2.05, 4.69) is 0 Å². The lowest BCUT2D eigenvalue weighted by Gasteiger charge is -2.25. The first-order valence-electron chi connectivity index (χ1n) is 8.69. The third kappa shape index (κ3) is 5.05. The van der Waals surface area contributed by atoms with Crippen LogP contribution < -0.4 is 0 Å². The zero-order valence-corrected chi connectivity index (χ0v) is 17.3. The van der Waals surface area contributed by atoms with Crippen LogP contribution >= 0.6 is 23.1 Å². The second-order valence-electron chi connectivity index (χ2n) is 7.47. The van der Waals surface area contributed by atoms with Gasteiger partial charge in [0.1, 0.15) is 10.3 Å². The molecule has 1 atom stereocenters. The Labute approximate surface area is 167 Å². The molecular formula is C20H23NO4S2. The second-order valence-corrected chi connectivity index (χ2v) is 9.61. The number of hydrogen-bond donors (Lipinski definition) is 0. The Balaban J connectivity index is 1.79. The highest BCUT2D eigenvalue weighted by Gasteiger charge is 2.52. The van der Waals surface area contributed by atoms with Crippen molar-refractivity contribution in [1.82, 2.24) is 5.06 Å².